The molecular formula is C23H23F2N3O3S2. The Morgan fingerprint density at radius 3 is 2.48 bits per heavy atom. The molecule has 2 aromatic carbocycles. The number of para-hydroxylation sites is 1. The number of aromatic nitrogens is 1. The summed E-state index contributed by atoms with van der Waals surface area (Å²) in [5, 5.41) is 3.52. The number of halogens is 2. The van der Waals surface area contributed by atoms with Gasteiger partial charge in [-0.15, -0.1) is 0 Å². The summed E-state index contributed by atoms with van der Waals surface area (Å²) >= 11 is 1.13. The number of fused-ring (bicyclic) bond motifs is 1. The highest BCUT2D eigenvalue weighted by Gasteiger charge is 2.26. The standard InChI is InChI=1S/C23H23F2N3O3S2/c1-15-12-22(32-14-21(29)27-23-18(24)6-5-7-19(23)25)26-20-9-8-16(13-17(15)20)33(30,31)28-10-3-2-4-11-28/h5-9,12-13H,2-4,10-11,14H2,1H3,(H,27,29). The number of carbonyl (C=O) groups is 1. The van der Waals surface area contributed by atoms with Gasteiger partial charge in [0.25, 0.3) is 0 Å². The van der Waals surface area contributed by atoms with Crippen molar-refractivity contribution in [3.8, 4) is 0 Å². The number of piperidine rings is 1. The SMILES string of the molecule is Cc1cc(SCC(=O)Nc2c(F)cccc2F)nc2ccc(S(=O)(=O)N3CCCCC3)cc12. The zero-order chi connectivity index (χ0) is 23.6. The third kappa shape index (κ3) is 5.18. The second kappa shape index (κ2) is 9.74. The molecule has 0 radical (unpaired) electrons. The van der Waals surface area contributed by atoms with Crippen molar-refractivity contribution < 1.29 is 22.0 Å². The van der Waals surface area contributed by atoms with E-state index < -0.39 is 33.3 Å². The van der Waals surface area contributed by atoms with E-state index in [2.05, 4.69) is 10.3 Å². The molecule has 3 aromatic rings. The molecule has 33 heavy (non-hydrogen) atoms. The fourth-order valence-electron chi connectivity index (χ4n) is 3.76. The number of nitrogens with one attached hydrogen (secondary N) is 1. The van der Waals surface area contributed by atoms with Crippen molar-refractivity contribution in [3.05, 3.63) is 59.7 Å². The van der Waals surface area contributed by atoms with Gasteiger partial charge in [0.1, 0.15) is 17.3 Å². The fraction of sp³-hybridized carbons (Fsp3) is 0.304. The Balaban J connectivity index is 1.50. The number of anilines is 1. The van der Waals surface area contributed by atoms with Gasteiger partial charge in [-0.25, -0.2) is 22.2 Å². The molecular weight excluding hydrogens is 468 g/mol. The van der Waals surface area contributed by atoms with Crippen LogP contribution in [-0.2, 0) is 14.8 Å². The predicted octanol–water partition coefficient (Wildman–Crippen LogP) is 4.73. The Morgan fingerprint density at radius 1 is 1.09 bits per heavy atom. The first-order chi connectivity index (χ1) is 15.8. The maximum absolute atomic E-state index is 13.7. The summed E-state index contributed by atoms with van der Waals surface area (Å²) in [5.74, 6) is -2.34. The van der Waals surface area contributed by atoms with Crippen LogP contribution in [0.15, 0.2) is 52.4 Å². The molecule has 0 saturated carbocycles. The van der Waals surface area contributed by atoms with Crippen molar-refractivity contribution in [1.29, 1.82) is 0 Å². The summed E-state index contributed by atoms with van der Waals surface area (Å²) in [4.78, 5) is 16.9. The van der Waals surface area contributed by atoms with Crippen molar-refractivity contribution in [3.63, 3.8) is 0 Å². The number of rotatable bonds is 6. The molecule has 2 heterocycles. The molecule has 1 aliphatic rings. The number of amides is 1. The van der Waals surface area contributed by atoms with Gasteiger partial charge >= 0.3 is 0 Å². The number of aryl methyl sites for hydroxylation is 1. The Bertz CT molecular complexity index is 1290. The molecule has 1 fully saturated rings. The second-order valence-electron chi connectivity index (χ2n) is 7.85. The highest BCUT2D eigenvalue weighted by atomic mass is 32.2. The van der Waals surface area contributed by atoms with Gasteiger partial charge < -0.3 is 5.32 Å². The lowest BCUT2D eigenvalue weighted by molar-refractivity contribution is -0.113. The van der Waals surface area contributed by atoms with E-state index in [-0.39, 0.29) is 10.6 Å². The van der Waals surface area contributed by atoms with Gasteiger partial charge in [0.15, 0.2) is 0 Å². The van der Waals surface area contributed by atoms with Crippen molar-refractivity contribution >= 4 is 44.3 Å². The first-order valence-corrected chi connectivity index (χ1v) is 13.0. The number of hydrogen-bond donors (Lipinski definition) is 1. The van der Waals surface area contributed by atoms with Crippen molar-refractivity contribution in [2.75, 3.05) is 24.2 Å². The summed E-state index contributed by atoms with van der Waals surface area (Å²) in [5.41, 5.74) is 0.947. The molecule has 4 rings (SSSR count). The molecule has 1 N–H and O–H groups in total. The smallest absolute Gasteiger partial charge is 0.243 e. The maximum atomic E-state index is 13.7. The van der Waals surface area contributed by atoms with Gasteiger partial charge in [-0.05, 0) is 61.7 Å². The molecule has 0 bridgehead atoms. The zero-order valence-corrected chi connectivity index (χ0v) is 19.6. The largest absolute Gasteiger partial charge is 0.320 e. The van der Waals surface area contributed by atoms with Gasteiger partial charge in [-0.1, -0.05) is 24.2 Å². The lowest BCUT2D eigenvalue weighted by atomic mass is 10.1. The minimum atomic E-state index is -3.55. The van der Waals surface area contributed by atoms with Crippen LogP contribution in [0.4, 0.5) is 14.5 Å². The summed E-state index contributed by atoms with van der Waals surface area (Å²) in [6.45, 7) is 2.91. The monoisotopic (exact) mass is 491 g/mol. The Hall–Kier alpha value is -2.56. The summed E-state index contributed by atoms with van der Waals surface area (Å²) in [6.07, 6.45) is 2.77. The normalized spacial score (nSPS) is 15.0. The van der Waals surface area contributed by atoms with E-state index in [1.165, 1.54) is 10.4 Å². The topological polar surface area (TPSA) is 79.4 Å². The first-order valence-electron chi connectivity index (χ1n) is 10.5. The maximum Gasteiger partial charge on any atom is 0.243 e. The third-order valence-corrected chi connectivity index (χ3v) is 8.30. The molecule has 0 spiro atoms. The minimum Gasteiger partial charge on any atom is -0.320 e. The van der Waals surface area contributed by atoms with E-state index in [4.69, 9.17) is 0 Å². The molecule has 0 aliphatic carbocycles. The average Bonchev–Trinajstić information content (AvgIpc) is 2.80. The highest BCUT2D eigenvalue weighted by Crippen LogP contribution is 2.28. The number of carbonyl (C=O) groups excluding carboxylic acids is 1. The van der Waals surface area contributed by atoms with Crippen LogP contribution in [0.2, 0.25) is 0 Å². The third-order valence-electron chi connectivity index (χ3n) is 5.49. The van der Waals surface area contributed by atoms with Crippen molar-refractivity contribution in [2.45, 2.75) is 36.1 Å². The second-order valence-corrected chi connectivity index (χ2v) is 10.8. The first kappa shape index (κ1) is 23.6. The predicted molar refractivity (Wildman–Crippen MR) is 125 cm³/mol. The highest BCUT2D eigenvalue weighted by molar-refractivity contribution is 7.99. The Kier molecular flexibility index (Phi) is 6.96. The van der Waals surface area contributed by atoms with Gasteiger partial charge in [-0.2, -0.15) is 4.31 Å². The molecule has 1 saturated heterocycles. The number of sulfonamides is 1. The van der Waals surface area contributed by atoms with Crippen LogP contribution in [-0.4, -0.2) is 42.5 Å². The van der Waals surface area contributed by atoms with E-state index in [1.807, 2.05) is 6.92 Å². The molecule has 174 valence electrons. The number of hydrogen-bond acceptors (Lipinski definition) is 5. The van der Waals surface area contributed by atoms with Crippen LogP contribution in [0.25, 0.3) is 10.9 Å². The van der Waals surface area contributed by atoms with Crippen molar-refractivity contribution in [2.24, 2.45) is 0 Å². The lowest BCUT2D eigenvalue weighted by Gasteiger charge is -2.26. The van der Waals surface area contributed by atoms with E-state index in [1.54, 1.807) is 24.3 Å². The molecule has 6 nitrogen and oxygen atoms in total. The average molecular weight is 492 g/mol. The van der Waals surface area contributed by atoms with Gasteiger partial charge in [0.05, 0.1) is 21.2 Å². The lowest BCUT2D eigenvalue weighted by Crippen LogP contribution is -2.35. The molecule has 1 amide bonds. The Labute approximate surface area is 195 Å². The van der Waals surface area contributed by atoms with E-state index >= 15 is 0 Å². The quantitative estimate of drug-likeness (QED) is 0.505. The van der Waals surface area contributed by atoms with Crippen LogP contribution in [0.3, 0.4) is 0 Å². The Morgan fingerprint density at radius 2 is 1.79 bits per heavy atom. The van der Waals surface area contributed by atoms with E-state index in [0.717, 1.165) is 54.1 Å². The number of nitrogens with zero attached hydrogens (tertiary/aromatic N) is 2. The van der Waals surface area contributed by atoms with Crippen LogP contribution < -0.4 is 5.32 Å². The molecule has 0 unspecified atom stereocenters. The van der Waals surface area contributed by atoms with Crippen LogP contribution in [0, 0.1) is 18.6 Å². The van der Waals surface area contributed by atoms with Crippen LogP contribution >= 0.6 is 11.8 Å². The minimum absolute atomic E-state index is 0.0901. The van der Waals surface area contributed by atoms with Crippen molar-refractivity contribution in [1.82, 2.24) is 9.29 Å². The molecule has 1 aromatic heterocycles. The van der Waals surface area contributed by atoms with Crippen LogP contribution in [0.1, 0.15) is 24.8 Å². The van der Waals surface area contributed by atoms with E-state index in [0.29, 0.717) is 23.6 Å². The zero-order valence-electron chi connectivity index (χ0n) is 18.0. The van der Waals surface area contributed by atoms with Crippen LogP contribution in [0.5, 0.6) is 0 Å². The molecule has 10 heteroatoms. The number of pyridine rings is 1. The summed E-state index contributed by atoms with van der Waals surface area (Å²) in [7, 11) is -3.55. The number of thioether (sulfide) groups is 1. The summed E-state index contributed by atoms with van der Waals surface area (Å²) < 4.78 is 54.9. The van der Waals surface area contributed by atoms with Gasteiger partial charge in [-0.3, -0.25) is 4.79 Å². The number of benzene rings is 2. The molecule has 1 aliphatic heterocycles. The van der Waals surface area contributed by atoms with Gasteiger partial charge in [0.2, 0.25) is 15.9 Å². The fourth-order valence-corrected chi connectivity index (χ4v) is 6.08. The summed E-state index contributed by atoms with van der Waals surface area (Å²) in [6, 6.07) is 9.99. The molecule has 0 atom stereocenters. The van der Waals surface area contributed by atoms with Gasteiger partial charge in [0, 0.05) is 18.5 Å². The van der Waals surface area contributed by atoms with E-state index in [9.17, 15) is 22.0 Å².